The maximum Gasteiger partial charge on any atom is 0.257 e. The molecule has 0 saturated carbocycles. The quantitative estimate of drug-likeness (QED) is 0.510. The Hall–Kier alpha value is -3.19. The lowest BCUT2D eigenvalue weighted by molar-refractivity contribution is 0.0687. The Morgan fingerprint density at radius 2 is 1.72 bits per heavy atom. The van der Waals surface area contributed by atoms with Crippen molar-refractivity contribution in [3.05, 3.63) is 93.3 Å². The van der Waals surface area contributed by atoms with Gasteiger partial charge in [-0.1, -0.05) is 17.7 Å². The van der Waals surface area contributed by atoms with Crippen LogP contribution in [0.3, 0.4) is 0 Å². The largest absolute Gasteiger partial charge is 0.493 e. The monoisotopic (exact) mass is 461 g/mol. The van der Waals surface area contributed by atoms with Gasteiger partial charge in [-0.25, -0.2) is 13.2 Å². The van der Waals surface area contributed by atoms with E-state index in [0.717, 1.165) is 17.7 Å². The first-order valence-corrected chi connectivity index (χ1v) is 10.2. The number of benzene rings is 3. The average Bonchev–Trinajstić information content (AvgIpc) is 2.77. The summed E-state index contributed by atoms with van der Waals surface area (Å²) in [5.74, 6) is -2.21. The number of hydrogen-bond acceptors (Lipinski definition) is 3. The molecule has 8 heteroatoms. The molecule has 32 heavy (non-hydrogen) atoms. The fourth-order valence-corrected chi connectivity index (χ4v) is 4.33. The van der Waals surface area contributed by atoms with Crippen molar-refractivity contribution in [2.75, 3.05) is 20.8 Å². The summed E-state index contributed by atoms with van der Waals surface area (Å²) in [6, 6.07) is 9.45. The van der Waals surface area contributed by atoms with E-state index in [9.17, 15) is 13.6 Å². The molecule has 0 N–H and O–H groups in total. The van der Waals surface area contributed by atoms with Crippen LogP contribution in [0.25, 0.3) is 0 Å². The maximum atomic E-state index is 15.0. The number of halogens is 4. The third-order valence-corrected chi connectivity index (χ3v) is 5.90. The molecule has 0 aromatic heterocycles. The first kappa shape index (κ1) is 22.0. The molecule has 0 fully saturated rings. The second-order valence-electron chi connectivity index (χ2n) is 7.32. The fraction of sp³-hybridized carbons (Fsp3) is 0.208. The number of fused-ring (bicyclic) bond motifs is 1. The first-order valence-electron chi connectivity index (χ1n) is 9.80. The zero-order valence-electron chi connectivity index (χ0n) is 17.3. The van der Waals surface area contributed by atoms with Crippen LogP contribution in [0.4, 0.5) is 13.2 Å². The molecule has 3 aromatic rings. The molecule has 4 nitrogen and oxygen atoms in total. The molecule has 166 valence electrons. The number of amides is 1. The Labute approximate surface area is 188 Å². The number of ether oxygens (including phenoxy) is 2. The second kappa shape index (κ2) is 8.74. The van der Waals surface area contributed by atoms with Crippen LogP contribution >= 0.6 is 11.6 Å². The predicted molar refractivity (Wildman–Crippen MR) is 114 cm³/mol. The highest BCUT2D eigenvalue weighted by Crippen LogP contribution is 2.44. The number of rotatable bonds is 4. The van der Waals surface area contributed by atoms with Gasteiger partial charge >= 0.3 is 0 Å². The fourth-order valence-electron chi connectivity index (χ4n) is 4.07. The molecule has 4 rings (SSSR count). The summed E-state index contributed by atoms with van der Waals surface area (Å²) in [5.41, 5.74) is 1.17. The molecule has 1 atom stereocenters. The minimum atomic E-state index is -0.994. The van der Waals surface area contributed by atoms with Gasteiger partial charge in [0.15, 0.2) is 11.5 Å². The molecular weight excluding hydrogens is 443 g/mol. The topological polar surface area (TPSA) is 38.8 Å². The van der Waals surface area contributed by atoms with Crippen molar-refractivity contribution in [2.24, 2.45) is 0 Å². The summed E-state index contributed by atoms with van der Waals surface area (Å²) in [4.78, 5) is 14.7. The summed E-state index contributed by atoms with van der Waals surface area (Å²) >= 11 is 6.37. The van der Waals surface area contributed by atoms with E-state index in [0.29, 0.717) is 29.5 Å². The zero-order valence-corrected chi connectivity index (χ0v) is 18.1. The van der Waals surface area contributed by atoms with Crippen LogP contribution < -0.4 is 9.47 Å². The van der Waals surface area contributed by atoms with Gasteiger partial charge in [0.1, 0.15) is 17.5 Å². The Balaban J connectivity index is 1.92. The molecule has 0 bridgehead atoms. The van der Waals surface area contributed by atoms with E-state index in [1.165, 1.54) is 37.3 Å². The van der Waals surface area contributed by atoms with Crippen LogP contribution in [-0.4, -0.2) is 31.6 Å². The molecular formula is C24H19ClF3NO3. The lowest BCUT2D eigenvalue weighted by atomic mass is 9.86. The standard InChI is InChI=1S/C24H19ClF3NO3/c1-31-20-10-13-8-9-29(24(30)15-7-6-14(26)11-19(15)28)23(16(13)12-21(20)32-2)22-17(25)4-3-5-18(22)27/h3-7,10-12,23H,8-9H2,1-2H3/t23-/m1/s1. The maximum absolute atomic E-state index is 15.0. The SMILES string of the molecule is COc1cc2c(cc1OC)[C@H](c1c(F)cccc1Cl)N(C(=O)c1ccc(F)cc1F)CC2. The Bertz CT molecular complexity index is 1180. The summed E-state index contributed by atoms with van der Waals surface area (Å²) in [5, 5.41) is 0.120. The number of carbonyl (C=O) groups is 1. The van der Waals surface area contributed by atoms with Crippen LogP contribution in [0.1, 0.15) is 33.1 Å². The highest BCUT2D eigenvalue weighted by molar-refractivity contribution is 6.31. The van der Waals surface area contributed by atoms with Crippen LogP contribution in [0.2, 0.25) is 5.02 Å². The summed E-state index contributed by atoms with van der Waals surface area (Å²) < 4.78 is 53.6. The third-order valence-electron chi connectivity index (χ3n) is 5.57. The van der Waals surface area contributed by atoms with Crippen molar-refractivity contribution in [3.63, 3.8) is 0 Å². The van der Waals surface area contributed by atoms with Gasteiger partial charge < -0.3 is 14.4 Å². The first-order chi connectivity index (χ1) is 15.3. The molecule has 1 heterocycles. The molecule has 1 aliphatic heterocycles. The molecule has 0 saturated heterocycles. The predicted octanol–water partition coefficient (Wildman–Crippen LogP) is 5.56. The Kier molecular flexibility index (Phi) is 6.02. The summed E-state index contributed by atoms with van der Waals surface area (Å²) in [7, 11) is 2.97. The normalized spacial score (nSPS) is 15.3. The highest BCUT2D eigenvalue weighted by Gasteiger charge is 2.37. The molecule has 0 unspecified atom stereocenters. The van der Waals surface area contributed by atoms with Crippen molar-refractivity contribution in [1.29, 1.82) is 0 Å². The summed E-state index contributed by atoms with van der Waals surface area (Å²) in [6.45, 7) is 0.160. The van der Waals surface area contributed by atoms with Gasteiger partial charge in [0.2, 0.25) is 0 Å². The molecule has 0 aliphatic carbocycles. The van der Waals surface area contributed by atoms with Crippen LogP contribution in [0.15, 0.2) is 48.5 Å². The number of hydrogen-bond donors (Lipinski definition) is 0. The molecule has 0 radical (unpaired) electrons. The smallest absolute Gasteiger partial charge is 0.257 e. The van der Waals surface area contributed by atoms with Crippen molar-refractivity contribution in [1.82, 2.24) is 4.90 Å². The molecule has 0 spiro atoms. The average molecular weight is 462 g/mol. The van der Waals surface area contributed by atoms with E-state index >= 15 is 4.39 Å². The van der Waals surface area contributed by atoms with Crippen molar-refractivity contribution in [2.45, 2.75) is 12.5 Å². The van der Waals surface area contributed by atoms with Crippen LogP contribution in [-0.2, 0) is 6.42 Å². The van der Waals surface area contributed by atoms with E-state index in [1.54, 1.807) is 12.1 Å². The lowest BCUT2D eigenvalue weighted by Gasteiger charge is -2.38. The summed E-state index contributed by atoms with van der Waals surface area (Å²) in [6.07, 6.45) is 0.410. The van der Waals surface area contributed by atoms with E-state index in [2.05, 4.69) is 0 Å². The second-order valence-corrected chi connectivity index (χ2v) is 7.72. The number of methoxy groups -OCH3 is 2. The number of nitrogens with zero attached hydrogens (tertiary/aromatic N) is 1. The van der Waals surface area contributed by atoms with Gasteiger partial charge in [-0.05, 0) is 53.9 Å². The van der Waals surface area contributed by atoms with Gasteiger partial charge in [0, 0.05) is 23.2 Å². The van der Waals surface area contributed by atoms with Crippen LogP contribution in [0, 0.1) is 17.5 Å². The van der Waals surface area contributed by atoms with E-state index in [1.807, 2.05) is 0 Å². The lowest BCUT2D eigenvalue weighted by Crippen LogP contribution is -2.41. The van der Waals surface area contributed by atoms with Crippen LogP contribution in [0.5, 0.6) is 11.5 Å². The van der Waals surface area contributed by atoms with Gasteiger partial charge in [-0.2, -0.15) is 0 Å². The van der Waals surface area contributed by atoms with Gasteiger partial charge in [0.25, 0.3) is 5.91 Å². The van der Waals surface area contributed by atoms with Gasteiger partial charge in [-0.3, -0.25) is 4.79 Å². The Morgan fingerprint density at radius 3 is 2.38 bits per heavy atom. The van der Waals surface area contributed by atoms with E-state index in [-0.39, 0.29) is 22.7 Å². The van der Waals surface area contributed by atoms with Crippen molar-refractivity contribution >= 4 is 17.5 Å². The van der Waals surface area contributed by atoms with Gasteiger partial charge in [0.05, 0.1) is 25.8 Å². The minimum absolute atomic E-state index is 0.0817. The highest BCUT2D eigenvalue weighted by atomic mass is 35.5. The van der Waals surface area contributed by atoms with E-state index < -0.39 is 29.4 Å². The molecule has 1 aliphatic rings. The zero-order chi connectivity index (χ0) is 23.0. The number of carbonyl (C=O) groups excluding carboxylic acids is 1. The van der Waals surface area contributed by atoms with Crippen molar-refractivity contribution < 1.29 is 27.4 Å². The third kappa shape index (κ3) is 3.77. The van der Waals surface area contributed by atoms with E-state index in [4.69, 9.17) is 21.1 Å². The minimum Gasteiger partial charge on any atom is -0.493 e. The van der Waals surface area contributed by atoms with Gasteiger partial charge in [-0.15, -0.1) is 0 Å². The molecule has 3 aromatic carbocycles. The molecule has 1 amide bonds. The Morgan fingerprint density at radius 1 is 1.00 bits per heavy atom. The van der Waals surface area contributed by atoms with Crippen molar-refractivity contribution in [3.8, 4) is 11.5 Å².